The smallest absolute Gasteiger partial charge is 0.225 e. The standard InChI is InChI=1S/C24H25N5OS/c1-17-9-11-19(12-10-17)21-16-29-23(26-21)31-24(27-29)28-13-5-8-20(15-28)22(30)25-14-18-6-3-2-4-7-18/h2-4,6-7,9-12,16,20H,5,8,13-15H2,1H3,(H,25,30)/t20-/m1/s1. The van der Waals surface area contributed by atoms with Gasteiger partial charge in [-0.2, -0.15) is 0 Å². The first kappa shape index (κ1) is 19.8. The zero-order valence-electron chi connectivity index (χ0n) is 17.5. The van der Waals surface area contributed by atoms with E-state index in [9.17, 15) is 4.79 Å². The van der Waals surface area contributed by atoms with Gasteiger partial charge in [0.1, 0.15) is 0 Å². The highest BCUT2D eigenvalue weighted by Crippen LogP contribution is 2.30. The van der Waals surface area contributed by atoms with Crippen LogP contribution in [0, 0.1) is 12.8 Å². The summed E-state index contributed by atoms with van der Waals surface area (Å²) < 4.78 is 1.86. The Labute approximate surface area is 185 Å². The maximum Gasteiger partial charge on any atom is 0.225 e. The normalized spacial score (nSPS) is 16.5. The Hall–Kier alpha value is -3.19. The molecule has 5 rings (SSSR count). The Morgan fingerprint density at radius 3 is 2.74 bits per heavy atom. The average Bonchev–Trinajstić information content (AvgIpc) is 3.38. The first-order valence-corrected chi connectivity index (χ1v) is 11.5. The van der Waals surface area contributed by atoms with Gasteiger partial charge in [0.15, 0.2) is 0 Å². The second-order valence-electron chi connectivity index (χ2n) is 8.09. The summed E-state index contributed by atoms with van der Waals surface area (Å²) in [5.41, 5.74) is 4.38. The van der Waals surface area contributed by atoms with E-state index in [2.05, 4.69) is 41.4 Å². The van der Waals surface area contributed by atoms with Gasteiger partial charge in [-0.05, 0) is 25.3 Å². The maximum atomic E-state index is 12.7. The number of rotatable bonds is 5. The van der Waals surface area contributed by atoms with Crippen molar-refractivity contribution in [1.82, 2.24) is 19.9 Å². The molecular weight excluding hydrogens is 406 g/mol. The minimum Gasteiger partial charge on any atom is -0.352 e. The third-order valence-electron chi connectivity index (χ3n) is 5.75. The Bertz CT molecular complexity index is 1150. The van der Waals surface area contributed by atoms with Crippen molar-refractivity contribution >= 4 is 27.3 Å². The highest BCUT2D eigenvalue weighted by molar-refractivity contribution is 7.20. The van der Waals surface area contributed by atoms with E-state index in [1.54, 1.807) is 11.3 Å². The van der Waals surface area contributed by atoms with Crippen LogP contribution in [0.25, 0.3) is 16.2 Å². The van der Waals surface area contributed by atoms with Crippen molar-refractivity contribution in [3.63, 3.8) is 0 Å². The number of amides is 1. The van der Waals surface area contributed by atoms with Gasteiger partial charge in [0.2, 0.25) is 16.0 Å². The van der Waals surface area contributed by atoms with Gasteiger partial charge in [-0.15, -0.1) is 5.10 Å². The van der Waals surface area contributed by atoms with E-state index >= 15 is 0 Å². The summed E-state index contributed by atoms with van der Waals surface area (Å²) in [4.78, 5) is 20.6. The molecule has 1 aliphatic heterocycles. The van der Waals surface area contributed by atoms with E-state index in [1.165, 1.54) is 5.56 Å². The van der Waals surface area contributed by atoms with Crippen LogP contribution >= 0.6 is 11.3 Å². The van der Waals surface area contributed by atoms with Crippen LogP contribution in [0.15, 0.2) is 60.8 Å². The van der Waals surface area contributed by atoms with Gasteiger partial charge < -0.3 is 10.2 Å². The molecule has 0 aliphatic carbocycles. The number of aromatic nitrogens is 3. The number of nitrogens with one attached hydrogen (secondary N) is 1. The van der Waals surface area contributed by atoms with E-state index in [-0.39, 0.29) is 11.8 Å². The van der Waals surface area contributed by atoms with Gasteiger partial charge in [-0.1, -0.05) is 71.5 Å². The lowest BCUT2D eigenvalue weighted by atomic mass is 9.97. The Balaban J connectivity index is 1.25. The van der Waals surface area contributed by atoms with Gasteiger partial charge in [0.25, 0.3) is 0 Å². The maximum absolute atomic E-state index is 12.7. The summed E-state index contributed by atoms with van der Waals surface area (Å²) in [6.45, 7) is 4.27. The van der Waals surface area contributed by atoms with Crippen molar-refractivity contribution < 1.29 is 4.79 Å². The minimum absolute atomic E-state index is 0.0168. The fraction of sp³-hybridized carbons (Fsp3) is 0.292. The van der Waals surface area contributed by atoms with Crippen LogP contribution in [0.2, 0.25) is 0 Å². The molecule has 0 spiro atoms. The summed E-state index contributed by atoms with van der Waals surface area (Å²) >= 11 is 1.58. The summed E-state index contributed by atoms with van der Waals surface area (Å²) in [6.07, 6.45) is 3.88. The van der Waals surface area contributed by atoms with Crippen LogP contribution in [0.3, 0.4) is 0 Å². The number of imidazole rings is 1. The van der Waals surface area contributed by atoms with Gasteiger partial charge in [-0.25, -0.2) is 9.50 Å². The highest BCUT2D eigenvalue weighted by atomic mass is 32.1. The predicted octanol–water partition coefficient (Wildman–Crippen LogP) is 4.30. The number of hydrogen-bond acceptors (Lipinski definition) is 5. The van der Waals surface area contributed by atoms with Crippen LogP contribution in [0.5, 0.6) is 0 Å². The molecule has 158 valence electrons. The number of carbonyl (C=O) groups excluding carboxylic acids is 1. The highest BCUT2D eigenvalue weighted by Gasteiger charge is 2.27. The van der Waals surface area contributed by atoms with Crippen LogP contribution in [-0.2, 0) is 11.3 Å². The van der Waals surface area contributed by atoms with E-state index in [4.69, 9.17) is 10.1 Å². The topological polar surface area (TPSA) is 62.5 Å². The SMILES string of the molecule is Cc1ccc(-c2cn3nc(N4CCC[C@@H](C(=O)NCc5ccccc5)C4)sc3n2)cc1. The number of hydrogen-bond donors (Lipinski definition) is 1. The average molecular weight is 432 g/mol. The molecule has 1 N–H and O–H groups in total. The molecule has 4 aromatic rings. The molecule has 0 radical (unpaired) electrons. The third kappa shape index (κ3) is 4.32. The molecule has 0 saturated carbocycles. The van der Waals surface area contributed by atoms with Crippen molar-refractivity contribution in [2.24, 2.45) is 5.92 Å². The second-order valence-corrected chi connectivity index (χ2v) is 9.03. The minimum atomic E-state index is -0.0168. The van der Waals surface area contributed by atoms with Gasteiger partial charge in [0.05, 0.1) is 17.8 Å². The summed E-state index contributed by atoms with van der Waals surface area (Å²) in [7, 11) is 0. The van der Waals surface area contributed by atoms with Gasteiger partial charge >= 0.3 is 0 Å². The van der Waals surface area contributed by atoms with Crippen molar-refractivity contribution in [3.05, 3.63) is 71.9 Å². The molecule has 0 unspecified atom stereocenters. The lowest BCUT2D eigenvalue weighted by Crippen LogP contribution is -2.43. The quantitative estimate of drug-likeness (QED) is 0.512. The molecule has 31 heavy (non-hydrogen) atoms. The largest absolute Gasteiger partial charge is 0.352 e. The first-order valence-electron chi connectivity index (χ1n) is 10.7. The summed E-state index contributed by atoms with van der Waals surface area (Å²) in [5.74, 6) is 0.105. The molecule has 2 aromatic heterocycles. The molecule has 7 heteroatoms. The van der Waals surface area contributed by atoms with Crippen molar-refractivity contribution in [2.45, 2.75) is 26.3 Å². The Morgan fingerprint density at radius 2 is 1.97 bits per heavy atom. The van der Waals surface area contributed by atoms with Gasteiger partial charge in [-0.3, -0.25) is 4.79 Å². The molecule has 1 saturated heterocycles. The number of piperidine rings is 1. The fourth-order valence-electron chi connectivity index (χ4n) is 3.98. The van der Waals surface area contributed by atoms with E-state index in [0.29, 0.717) is 13.1 Å². The molecule has 6 nitrogen and oxygen atoms in total. The third-order valence-corrected chi connectivity index (χ3v) is 6.74. The molecule has 3 heterocycles. The number of anilines is 1. The number of benzene rings is 2. The first-order chi connectivity index (χ1) is 15.2. The molecule has 1 aliphatic rings. The molecule has 1 atom stereocenters. The lowest BCUT2D eigenvalue weighted by Gasteiger charge is -2.31. The zero-order valence-corrected chi connectivity index (χ0v) is 18.3. The van der Waals surface area contributed by atoms with Crippen LogP contribution < -0.4 is 10.2 Å². The van der Waals surface area contributed by atoms with E-state index in [1.807, 2.05) is 41.0 Å². The lowest BCUT2D eigenvalue weighted by molar-refractivity contribution is -0.125. The van der Waals surface area contributed by atoms with Gasteiger partial charge in [0, 0.05) is 25.2 Å². The molecule has 0 bridgehead atoms. The van der Waals surface area contributed by atoms with Crippen molar-refractivity contribution in [1.29, 1.82) is 0 Å². The van der Waals surface area contributed by atoms with Crippen molar-refractivity contribution in [2.75, 3.05) is 18.0 Å². The Morgan fingerprint density at radius 1 is 1.16 bits per heavy atom. The Kier molecular flexibility index (Phi) is 5.42. The zero-order chi connectivity index (χ0) is 21.2. The summed E-state index contributed by atoms with van der Waals surface area (Å²) in [6, 6.07) is 18.4. The molecule has 2 aromatic carbocycles. The molecule has 1 amide bonds. The number of fused-ring (bicyclic) bond motifs is 1. The monoisotopic (exact) mass is 431 g/mol. The van der Waals surface area contributed by atoms with Crippen LogP contribution in [0.4, 0.5) is 5.13 Å². The van der Waals surface area contributed by atoms with Crippen LogP contribution in [-0.4, -0.2) is 33.6 Å². The number of carbonyl (C=O) groups is 1. The number of aryl methyl sites for hydroxylation is 1. The number of nitrogens with zero attached hydrogens (tertiary/aromatic N) is 4. The fourth-order valence-corrected chi connectivity index (χ4v) is 4.89. The van der Waals surface area contributed by atoms with Crippen LogP contribution in [0.1, 0.15) is 24.0 Å². The summed E-state index contributed by atoms with van der Waals surface area (Å²) in [5, 5.41) is 8.78. The van der Waals surface area contributed by atoms with E-state index < -0.39 is 0 Å². The predicted molar refractivity (Wildman–Crippen MR) is 124 cm³/mol. The second kappa shape index (κ2) is 8.51. The van der Waals surface area contributed by atoms with E-state index in [0.717, 1.165) is 46.3 Å². The molecular formula is C24H25N5OS. The molecule has 1 fully saturated rings. The van der Waals surface area contributed by atoms with Crippen molar-refractivity contribution in [3.8, 4) is 11.3 Å².